The number of carbonyl (C=O) groups excluding carboxylic acids is 1. The number of piperidine rings is 1. The van der Waals surface area contributed by atoms with Gasteiger partial charge >= 0.3 is 0 Å². The Morgan fingerprint density at radius 2 is 2.08 bits per heavy atom. The molecule has 0 aliphatic carbocycles. The lowest BCUT2D eigenvalue weighted by atomic mass is 9.99. The molecule has 0 radical (unpaired) electrons. The fourth-order valence-corrected chi connectivity index (χ4v) is 4.11. The van der Waals surface area contributed by atoms with E-state index in [1.54, 1.807) is 0 Å². The second kappa shape index (κ2) is 8.23. The van der Waals surface area contributed by atoms with Gasteiger partial charge in [-0.3, -0.25) is 4.79 Å². The molecule has 0 bridgehead atoms. The van der Waals surface area contributed by atoms with Crippen LogP contribution >= 0.6 is 0 Å². The van der Waals surface area contributed by atoms with Crippen LogP contribution in [0.1, 0.15) is 35.2 Å². The molecule has 0 spiro atoms. The van der Waals surface area contributed by atoms with Gasteiger partial charge in [-0.2, -0.15) is 0 Å². The monoisotopic (exact) mass is 357 g/mol. The Morgan fingerprint density at radius 1 is 1.31 bits per heavy atom. The molecule has 3 N–H and O–H groups in total. The number of rotatable bonds is 6. The SMILES string of the molecule is Cc1[nH]c2c(C)ccc(C)c2c1CC(=O)NCCN1CCCC(CO)C1. The number of H-pyrrole nitrogens is 1. The minimum absolute atomic E-state index is 0.0747. The molecule has 1 unspecified atom stereocenters. The number of nitrogens with zero attached hydrogens (tertiary/aromatic N) is 1. The van der Waals surface area contributed by atoms with Crippen LogP contribution in [0, 0.1) is 26.7 Å². The second-order valence-corrected chi connectivity index (χ2v) is 7.70. The number of carbonyl (C=O) groups is 1. The number of benzene rings is 1. The van der Waals surface area contributed by atoms with Crippen molar-refractivity contribution in [1.29, 1.82) is 0 Å². The number of aliphatic hydroxyl groups is 1. The lowest BCUT2D eigenvalue weighted by Crippen LogP contribution is -2.41. The summed E-state index contributed by atoms with van der Waals surface area (Å²) in [5.74, 6) is 0.463. The molecule has 0 saturated carbocycles. The number of hydrogen-bond acceptors (Lipinski definition) is 3. The third-order valence-electron chi connectivity index (χ3n) is 5.64. The first-order valence-corrected chi connectivity index (χ1v) is 9.67. The van der Waals surface area contributed by atoms with Gasteiger partial charge in [-0.1, -0.05) is 12.1 Å². The maximum atomic E-state index is 12.5. The summed E-state index contributed by atoms with van der Waals surface area (Å²) in [4.78, 5) is 18.3. The van der Waals surface area contributed by atoms with Crippen LogP contribution in [0.15, 0.2) is 12.1 Å². The van der Waals surface area contributed by atoms with Gasteiger partial charge in [-0.05, 0) is 62.8 Å². The first-order chi connectivity index (χ1) is 12.5. The van der Waals surface area contributed by atoms with Gasteiger partial charge in [0.1, 0.15) is 0 Å². The van der Waals surface area contributed by atoms with Crippen molar-refractivity contribution in [3.05, 3.63) is 34.5 Å². The smallest absolute Gasteiger partial charge is 0.224 e. The zero-order chi connectivity index (χ0) is 18.7. The van der Waals surface area contributed by atoms with Gasteiger partial charge in [-0.25, -0.2) is 0 Å². The Morgan fingerprint density at radius 3 is 2.85 bits per heavy atom. The molecule has 2 heterocycles. The van der Waals surface area contributed by atoms with Crippen LogP contribution in [0.4, 0.5) is 0 Å². The molecule has 5 heteroatoms. The molecule has 3 rings (SSSR count). The van der Waals surface area contributed by atoms with E-state index in [-0.39, 0.29) is 12.5 Å². The average molecular weight is 357 g/mol. The van der Waals surface area contributed by atoms with E-state index in [1.807, 2.05) is 6.92 Å². The Kier molecular flexibility index (Phi) is 5.99. The molecule has 1 aromatic carbocycles. The van der Waals surface area contributed by atoms with Gasteiger partial charge in [0.2, 0.25) is 5.91 Å². The zero-order valence-corrected chi connectivity index (χ0v) is 16.2. The highest BCUT2D eigenvalue weighted by atomic mass is 16.3. The van der Waals surface area contributed by atoms with Gasteiger partial charge in [0, 0.05) is 42.8 Å². The Hall–Kier alpha value is -1.85. The summed E-state index contributed by atoms with van der Waals surface area (Å²) in [6.45, 7) is 10.0. The van der Waals surface area contributed by atoms with Crippen molar-refractivity contribution in [3.8, 4) is 0 Å². The highest BCUT2D eigenvalue weighted by Crippen LogP contribution is 2.28. The summed E-state index contributed by atoms with van der Waals surface area (Å²) < 4.78 is 0. The van der Waals surface area contributed by atoms with Crippen LogP contribution in [0.5, 0.6) is 0 Å². The third kappa shape index (κ3) is 4.10. The van der Waals surface area contributed by atoms with E-state index in [4.69, 9.17) is 0 Å². The highest BCUT2D eigenvalue weighted by Gasteiger charge is 2.19. The molecule has 26 heavy (non-hydrogen) atoms. The number of fused-ring (bicyclic) bond motifs is 1. The minimum atomic E-state index is 0.0747. The fourth-order valence-electron chi connectivity index (χ4n) is 4.11. The van der Waals surface area contributed by atoms with Gasteiger partial charge < -0.3 is 20.3 Å². The number of likely N-dealkylation sites (tertiary alicyclic amines) is 1. The Labute approximate surface area is 155 Å². The van der Waals surface area contributed by atoms with Crippen LogP contribution < -0.4 is 5.32 Å². The van der Waals surface area contributed by atoms with E-state index < -0.39 is 0 Å². The topological polar surface area (TPSA) is 68.4 Å². The standard InChI is InChI=1S/C21H31N3O2/c1-14-6-7-15(2)21-20(14)18(16(3)23-21)11-19(26)22-8-10-24-9-4-5-17(12-24)13-25/h6-7,17,23,25H,4-5,8-13H2,1-3H3,(H,22,26). The molecule has 2 aromatic rings. The van der Waals surface area contributed by atoms with Crippen LogP contribution in [0.3, 0.4) is 0 Å². The van der Waals surface area contributed by atoms with Crippen LogP contribution in [-0.2, 0) is 11.2 Å². The van der Waals surface area contributed by atoms with Crippen LogP contribution in [-0.4, -0.2) is 53.7 Å². The molecule has 1 aliphatic heterocycles. The van der Waals surface area contributed by atoms with E-state index >= 15 is 0 Å². The van der Waals surface area contributed by atoms with Crippen molar-refractivity contribution >= 4 is 16.8 Å². The average Bonchev–Trinajstić information content (AvgIpc) is 2.96. The summed E-state index contributed by atoms with van der Waals surface area (Å²) >= 11 is 0. The van der Waals surface area contributed by atoms with Crippen molar-refractivity contribution in [2.75, 3.05) is 32.8 Å². The zero-order valence-electron chi connectivity index (χ0n) is 16.2. The third-order valence-corrected chi connectivity index (χ3v) is 5.64. The minimum Gasteiger partial charge on any atom is -0.396 e. The van der Waals surface area contributed by atoms with Crippen LogP contribution in [0.25, 0.3) is 10.9 Å². The Bertz CT molecular complexity index is 781. The number of nitrogens with one attached hydrogen (secondary N) is 2. The van der Waals surface area contributed by atoms with Gasteiger partial charge in [0.05, 0.1) is 6.42 Å². The second-order valence-electron chi connectivity index (χ2n) is 7.70. The number of aromatic amines is 1. The van der Waals surface area contributed by atoms with Crippen molar-refractivity contribution in [1.82, 2.24) is 15.2 Å². The molecule has 1 aliphatic rings. The Balaban J connectivity index is 1.58. The van der Waals surface area contributed by atoms with Crippen molar-refractivity contribution in [3.63, 3.8) is 0 Å². The molecule has 1 amide bonds. The summed E-state index contributed by atoms with van der Waals surface area (Å²) in [7, 11) is 0. The maximum absolute atomic E-state index is 12.5. The molecular formula is C21H31N3O2. The van der Waals surface area contributed by atoms with Crippen LogP contribution in [0.2, 0.25) is 0 Å². The molecule has 1 fully saturated rings. The number of aryl methyl sites for hydroxylation is 3. The summed E-state index contributed by atoms with van der Waals surface area (Å²) in [6.07, 6.45) is 2.65. The predicted molar refractivity (Wildman–Crippen MR) is 105 cm³/mol. The number of aliphatic hydroxyl groups excluding tert-OH is 1. The number of aromatic nitrogens is 1. The molecule has 5 nitrogen and oxygen atoms in total. The molecule has 1 aromatic heterocycles. The number of hydrogen-bond donors (Lipinski definition) is 3. The van der Waals surface area contributed by atoms with Gasteiger partial charge in [0.25, 0.3) is 0 Å². The fraction of sp³-hybridized carbons (Fsp3) is 0.571. The van der Waals surface area contributed by atoms with E-state index in [2.05, 4.69) is 41.2 Å². The predicted octanol–water partition coefficient (Wildman–Crippen LogP) is 2.46. The first kappa shape index (κ1) is 18.9. The van der Waals surface area contributed by atoms with E-state index in [0.29, 0.717) is 18.9 Å². The lowest BCUT2D eigenvalue weighted by Gasteiger charge is -2.31. The molecule has 1 atom stereocenters. The van der Waals surface area contributed by atoms with Crippen molar-refractivity contribution in [2.24, 2.45) is 5.92 Å². The summed E-state index contributed by atoms with van der Waals surface area (Å²) in [5.41, 5.74) is 5.75. The maximum Gasteiger partial charge on any atom is 0.224 e. The normalized spacial score (nSPS) is 18.4. The van der Waals surface area contributed by atoms with E-state index in [1.165, 1.54) is 16.5 Å². The van der Waals surface area contributed by atoms with E-state index in [9.17, 15) is 9.90 Å². The summed E-state index contributed by atoms with van der Waals surface area (Å²) in [5, 5.41) is 13.6. The highest BCUT2D eigenvalue weighted by molar-refractivity contribution is 5.93. The lowest BCUT2D eigenvalue weighted by molar-refractivity contribution is -0.120. The number of amides is 1. The largest absolute Gasteiger partial charge is 0.396 e. The van der Waals surface area contributed by atoms with Gasteiger partial charge in [-0.15, -0.1) is 0 Å². The molecule has 142 valence electrons. The van der Waals surface area contributed by atoms with Crippen molar-refractivity contribution < 1.29 is 9.90 Å². The van der Waals surface area contributed by atoms with Crippen molar-refractivity contribution in [2.45, 2.75) is 40.0 Å². The molecular weight excluding hydrogens is 326 g/mol. The summed E-state index contributed by atoms with van der Waals surface area (Å²) in [6, 6.07) is 4.25. The first-order valence-electron chi connectivity index (χ1n) is 9.67. The van der Waals surface area contributed by atoms with Gasteiger partial charge in [0.15, 0.2) is 0 Å². The molecule has 1 saturated heterocycles. The quantitative estimate of drug-likeness (QED) is 0.744. The van der Waals surface area contributed by atoms with E-state index in [0.717, 1.165) is 49.2 Å².